The Hall–Kier alpha value is -3.30. The Bertz CT molecular complexity index is 1350. The van der Waals surface area contributed by atoms with Crippen molar-refractivity contribution >= 4 is 11.9 Å². The number of piperidine rings is 1. The van der Waals surface area contributed by atoms with Crippen LogP contribution in [0.5, 0.6) is 11.5 Å². The predicted octanol–water partition coefficient (Wildman–Crippen LogP) is 6.98. The second kappa shape index (κ2) is 11.3. The lowest BCUT2D eigenvalue weighted by molar-refractivity contribution is -0.228. The van der Waals surface area contributed by atoms with Gasteiger partial charge >= 0.3 is 12.1 Å². The van der Waals surface area contributed by atoms with Crippen molar-refractivity contribution in [3.05, 3.63) is 59.2 Å². The molecule has 2 fully saturated rings. The third-order valence-electron chi connectivity index (χ3n) is 10.0. The molecule has 2 heterocycles. The quantitative estimate of drug-likeness (QED) is 0.345. The second-order valence-corrected chi connectivity index (χ2v) is 12.7. The van der Waals surface area contributed by atoms with E-state index in [1.165, 1.54) is 6.07 Å². The highest BCUT2D eigenvalue weighted by molar-refractivity contribution is 5.81. The van der Waals surface area contributed by atoms with E-state index < -0.39 is 40.2 Å². The first-order valence-corrected chi connectivity index (χ1v) is 15.0. The van der Waals surface area contributed by atoms with Crippen LogP contribution in [0.4, 0.5) is 17.6 Å². The monoisotopic (exact) mass is 605 g/mol. The standard InChI is InChI=1S/C33H39F4NO5/c1-4-42-24-9-6-21(7-10-24)19-32-14-5-17-38(28(39)22-12-15-30(2,16-13-22)29(40)41)27(32)20-43-26-18-23(8-11-25(26)32)31(3,34)33(35,36)37/h6-11,18,22,27H,4-5,12-17,19-20H2,1-3H3,(H,40,41)/t22-,27?,30-,31?,32?. The van der Waals surface area contributed by atoms with Gasteiger partial charge in [-0.25, -0.2) is 4.39 Å². The number of carbonyl (C=O) groups is 2. The van der Waals surface area contributed by atoms with E-state index in [1.54, 1.807) is 13.0 Å². The van der Waals surface area contributed by atoms with Crippen molar-refractivity contribution in [2.75, 3.05) is 19.8 Å². The number of nitrogens with zero attached hydrogens (tertiary/aromatic N) is 1. The zero-order valence-electron chi connectivity index (χ0n) is 24.8. The third-order valence-corrected chi connectivity index (χ3v) is 10.0. The van der Waals surface area contributed by atoms with Crippen molar-refractivity contribution in [3.63, 3.8) is 0 Å². The number of ether oxygens (including phenoxy) is 2. The Morgan fingerprint density at radius 2 is 1.74 bits per heavy atom. The Labute approximate surface area is 249 Å². The molecule has 1 saturated carbocycles. The van der Waals surface area contributed by atoms with Gasteiger partial charge < -0.3 is 19.5 Å². The van der Waals surface area contributed by atoms with Crippen LogP contribution < -0.4 is 9.47 Å². The van der Waals surface area contributed by atoms with E-state index in [-0.39, 0.29) is 24.2 Å². The molecule has 3 aliphatic rings. The number of halogens is 4. The lowest BCUT2D eigenvalue weighted by Crippen LogP contribution is -2.63. The topological polar surface area (TPSA) is 76.1 Å². The maximum absolute atomic E-state index is 15.0. The lowest BCUT2D eigenvalue weighted by Gasteiger charge is -2.54. The van der Waals surface area contributed by atoms with E-state index in [2.05, 4.69) is 0 Å². The van der Waals surface area contributed by atoms with Gasteiger partial charge in [-0.05, 0) is 89.5 Å². The fraction of sp³-hybridized carbons (Fsp3) is 0.576. The first-order chi connectivity index (χ1) is 20.2. The number of benzene rings is 2. The molecule has 1 amide bonds. The summed E-state index contributed by atoms with van der Waals surface area (Å²) in [5.74, 6) is -0.270. The van der Waals surface area contributed by atoms with E-state index in [9.17, 15) is 32.3 Å². The molecule has 1 aliphatic carbocycles. The maximum Gasteiger partial charge on any atom is 0.426 e. The predicted molar refractivity (Wildman–Crippen MR) is 152 cm³/mol. The number of hydrogen-bond donors (Lipinski definition) is 1. The molecule has 3 unspecified atom stereocenters. The maximum atomic E-state index is 15.0. The molecule has 234 valence electrons. The molecular weight excluding hydrogens is 566 g/mol. The number of carboxylic acid groups (broad SMARTS) is 1. The molecule has 10 heteroatoms. The van der Waals surface area contributed by atoms with Crippen LogP contribution in [0.25, 0.3) is 0 Å². The van der Waals surface area contributed by atoms with E-state index in [0.29, 0.717) is 70.6 Å². The molecule has 0 radical (unpaired) electrons. The van der Waals surface area contributed by atoms with Crippen LogP contribution >= 0.6 is 0 Å². The van der Waals surface area contributed by atoms with Crippen LogP contribution in [-0.2, 0) is 27.1 Å². The molecule has 5 rings (SSSR count). The SMILES string of the molecule is CCOc1ccc(CC23CCCN(C(=O)[C@H]4CC[C@](C)(C(=O)O)CC4)C2COc2cc(C(C)(F)C(F)(F)F)ccc23)cc1. The number of hydrogen-bond acceptors (Lipinski definition) is 4. The average Bonchev–Trinajstić information content (AvgIpc) is 2.97. The van der Waals surface area contributed by atoms with Gasteiger partial charge in [0.05, 0.1) is 18.1 Å². The van der Waals surface area contributed by atoms with Crippen LogP contribution in [0.15, 0.2) is 42.5 Å². The summed E-state index contributed by atoms with van der Waals surface area (Å²) in [5.41, 5.74) is -3.96. The number of likely N-dealkylation sites (tertiary alicyclic amines) is 1. The number of fused-ring (bicyclic) bond motifs is 3. The number of carboxylic acids is 1. The van der Waals surface area contributed by atoms with Crippen LogP contribution in [0, 0.1) is 11.3 Å². The fourth-order valence-electron chi connectivity index (χ4n) is 7.18. The molecule has 6 nitrogen and oxygen atoms in total. The minimum absolute atomic E-state index is 0.0368. The number of alkyl halides is 4. The molecule has 2 aromatic rings. The number of amides is 1. The van der Waals surface area contributed by atoms with Gasteiger partial charge in [0, 0.05) is 29.0 Å². The summed E-state index contributed by atoms with van der Waals surface area (Å²) >= 11 is 0. The van der Waals surface area contributed by atoms with Crippen molar-refractivity contribution in [2.24, 2.45) is 11.3 Å². The lowest BCUT2D eigenvalue weighted by atomic mass is 9.63. The largest absolute Gasteiger partial charge is 0.494 e. The minimum Gasteiger partial charge on any atom is -0.494 e. The summed E-state index contributed by atoms with van der Waals surface area (Å²) in [7, 11) is 0. The van der Waals surface area contributed by atoms with Crippen LogP contribution in [-0.4, -0.2) is 53.9 Å². The van der Waals surface area contributed by atoms with Gasteiger partial charge in [0.25, 0.3) is 0 Å². The van der Waals surface area contributed by atoms with Crippen LogP contribution in [0.2, 0.25) is 0 Å². The zero-order chi connectivity index (χ0) is 31.2. The van der Waals surface area contributed by atoms with Gasteiger partial charge in [0.2, 0.25) is 11.6 Å². The fourth-order valence-corrected chi connectivity index (χ4v) is 7.18. The van der Waals surface area contributed by atoms with E-state index in [0.717, 1.165) is 17.4 Å². The van der Waals surface area contributed by atoms with Crippen LogP contribution in [0.1, 0.15) is 76.0 Å². The molecule has 0 spiro atoms. The summed E-state index contributed by atoms with van der Waals surface area (Å²) < 4.78 is 67.4. The van der Waals surface area contributed by atoms with Gasteiger partial charge in [0.15, 0.2) is 0 Å². The summed E-state index contributed by atoms with van der Waals surface area (Å²) in [6.45, 7) is 5.22. The number of carbonyl (C=O) groups excluding carboxylic acids is 1. The van der Waals surface area contributed by atoms with E-state index in [4.69, 9.17) is 9.47 Å². The van der Waals surface area contributed by atoms with Crippen molar-refractivity contribution in [2.45, 2.75) is 89.0 Å². The summed E-state index contributed by atoms with van der Waals surface area (Å²) in [4.78, 5) is 27.7. The highest BCUT2D eigenvalue weighted by Gasteiger charge is 2.56. The average molecular weight is 606 g/mol. The van der Waals surface area contributed by atoms with Crippen LogP contribution in [0.3, 0.4) is 0 Å². The van der Waals surface area contributed by atoms with Gasteiger partial charge in [-0.2, -0.15) is 13.2 Å². The molecule has 0 bridgehead atoms. The summed E-state index contributed by atoms with van der Waals surface area (Å²) in [6.07, 6.45) is -1.48. The second-order valence-electron chi connectivity index (χ2n) is 12.7. The summed E-state index contributed by atoms with van der Waals surface area (Å²) in [6, 6.07) is 11.2. The molecule has 1 N–H and O–H groups in total. The van der Waals surface area contributed by atoms with Crippen molar-refractivity contribution in [1.82, 2.24) is 4.90 Å². The number of rotatable bonds is 7. The highest BCUT2D eigenvalue weighted by Crippen LogP contribution is 2.52. The third kappa shape index (κ3) is 5.57. The molecule has 2 aromatic carbocycles. The Balaban J connectivity index is 1.51. The smallest absolute Gasteiger partial charge is 0.426 e. The normalized spacial score (nSPS) is 28.6. The first-order valence-electron chi connectivity index (χ1n) is 15.0. The minimum atomic E-state index is -5.09. The summed E-state index contributed by atoms with van der Waals surface area (Å²) in [5, 5.41) is 9.65. The molecule has 1 saturated heterocycles. The van der Waals surface area contributed by atoms with E-state index in [1.807, 2.05) is 36.1 Å². The van der Waals surface area contributed by atoms with E-state index >= 15 is 0 Å². The Kier molecular flexibility index (Phi) is 8.20. The molecule has 3 atom stereocenters. The molecular formula is C33H39F4NO5. The van der Waals surface area contributed by atoms with Gasteiger partial charge in [-0.3, -0.25) is 9.59 Å². The van der Waals surface area contributed by atoms with Gasteiger partial charge in [-0.1, -0.05) is 24.3 Å². The van der Waals surface area contributed by atoms with Crippen molar-refractivity contribution < 1.29 is 41.7 Å². The number of aliphatic carboxylic acids is 1. The molecule has 43 heavy (non-hydrogen) atoms. The Morgan fingerprint density at radius 1 is 1.07 bits per heavy atom. The molecule has 2 aliphatic heterocycles. The highest BCUT2D eigenvalue weighted by atomic mass is 19.4. The molecule has 0 aromatic heterocycles. The van der Waals surface area contributed by atoms with Gasteiger partial charge in [0.1, 0.15) is 18.1 Å². The van der Waals surface area contributed by atoms with Crippen molar-refractivity contribution in [3.8, 4) is 11.5 Å². The van der Waals surface area contributed by atoms with Crippen molar-refractivity contribution in [1.29, 1.82) is 0 Å². The van der Waals surface area contributed by atoms with Gasteiger partial charge in [-0.15, -0.1) is 0 Å². The Morgan fingerprint density at radius 3 is 2.35 bits per heavy atom. The first kappa shape index (κ1) is 31.1. The zero-order valence-corrected chi connectivity index (χ0v) is 24.8.